The largest absolute Gasteiger partial charge is 0.423 e. The fourth-order valence-corrected chi connectivity index (χ4v) is 2.02. The average Bonchev–Trinajstić information content (AvgIpc) is 3.03. The van der Waals surface area contributed by atoms with Gasteiger partial charge in [-0.25, -0.2) is 0 Å². The SMILES string of the molecule is COCCc1ccc(Oc2nnnn2-c2ccccc2)cc1. The van der Waals surface area contributed by atoms with E-state index >= 15 is 0 Å². The first-order valence-corrected chi connectivity index (χ1v) is 6.96. The lowest BCUT2D eigenvalue weighted by molar-refractivity contribution is 0.202. The molecular weight excluding hydrogens is 280 g/mol. The first-order valence-electron chi connectivity index (χ1n) is 6.96. The third-order valence-corrected chi connectivity index (χ3v) is 3.17. The predicted molar refractivity (Wildman–Crippen MR) is 81.3 cm³/mol. The Morgan fingerprint density at radius 2 is 1.77 bits per heavy atom. The van der Waals surface area contributed by atoms with Crippen molar-refractivity contribution in [1.82, 2.24) is 20.2 Å². The molecular formula is C16H16N4O2. The van der Waals surface area contributed by atoms with Gasteiger partial charge in [-0.1, -0.05) is 35.4 Å². The maximum absolute atomic E-state index is 5.76. The van der Waals surface area contributed by atoms with Crippen LogP contribution in [0.15, 0.2) is 54.6 Å². The molecule has 1 heterocycles. The van der Waals surface area contributed by atoms with Crippen molar-refractivity contribution in [3.8, 4) is 17.4 Å². The summed E-state index contributed by atoms with van der Waals surface area (Å²) >= 11 is 0. The minimum absolute atomic E-state index is 0.329. The van der Waals surface area contributed by atoms with Crippen LogP contribution in [0.4, 0.5) is 0 Å². The Morgan fingerprint density at radius 3 is 2.50 bits per heavy atom. The average molecular weight is 296 g/mol. The molecule has 3 rings (SSSR count). The number of tetrazole rings is 1. The van der Waals surface area contributed by atoms with E-state index in [0.29, 0.717) is 18.4 Å². The Hall–Kier alpha value is -2.73. The lowest BCUT2D eigenvalue weighted by Crippen LogP contribution is -2.00. The highest BCUT2D eigenvalue weighted by molar-refractivity contribution is 5.34. The molecule has 0 unspecified atom stereocenters. The van der Waals surface area contributed by atoms with Gasteiger partial charge in [0.15, 0.2) is 0 Å². The van der Waals surface area contributed by atoms with Crippen LogP contribution in [0.2, 0.25) is 0 Å². The topological polar surface area (TPSA) is 62.1 Å². The zero-order valence-corrected chi connectivity index (χ0v) is 12.2. The van der Waals surface area contributed by atoms with Gasteiger partial charge in [0.05, 0.1) is 12.3 Å². The first kappa shape index (κ1) is 14.2. The second-order valence-electron chi connectivity index (χ2n) is 4.70. The molecule has 0 spiro atoms. The van der Waals surface area contributed by atoms with E-state index in [2.05, 4.69) is 15.5 Å². The molecule has 22 heavy (non-hydrogen) atoms. The molecule has 6 nitrogen and oxygen atoms in total. The Bertz CT molecular complexity index is 711. The van der Waals surface area contributed by atoms with Crippen molar-refractivity contribution in [2.45, 2.75) is 6.42 Å². The van der Waals surface area contributed by atoms with Crippen LogP contribution < -0.4 is 4.74 Å². The minimum Gasteiger partial charge on any atom is -0.423 e. The number of methoxy groups -OCH3 is 1. The Labute approximate surface area is 128 Å². The second-order valence-corrected chi connectivity index (χ2v) is 4.70. The highest BCUT2D eigenvalue weighted by Gasteiger charge is 2.10. The summed E-state index contributed by atoms with van der Waals surface area (Å²) in [5.74, 6) is 0.688. The molecule has 0 radical (unpaired) electrons. The van der Waals surface area contributed by atoms with Crippen molar-refractivity contribution < 1.29 is 9.47 Å². The van der Waals surface area contributed by atoms with Crippen molar-refractivity contribution in [3.63, 3.8) is 0 Å². The van der Waals surface area contributed by atoms with Gasteiger partial charge < -0.3 is 9.47 Å². The molecule has 0 bridgehead atoms. The van der Waals surface area contributed by atoms with Gasteiger partial charge >= 0.3 is 6.01 Å². The van der Waals surface area contributed by atoms with Crippen molar-refractivity contribution >= 4 is 0 Å². The van der Waals surface area contributed by atoms with Gasteiger partial charge in [0.25, 0.3) is 0 Å². The number of rotatable bonds is 6. The summed E-state index contributed by atoms with van der Waals surface area (Å²) in [4.78, 5) is 0. The van der Waals surface area contributed by atoms with Gasteiger partial charge in [0, 0.05) is 7.11 Å². The number of benzene rings is 2. The number of ether oxygens (including phenoxy) is 2. The van der Waals surface area contributed by atoms with Crippen LogP contribution in [0, 0.1) is 0 Å². The molecule has 0 saturated carbocycles. The zero-order chi connectivity index (χ0) is 15.2. The summed E-state index contributed by atoms with van der Waals surface area (Å²) in [6, 6.07) is 17.7. The maximum Gasteiger partial charge on any atom is 0.345 e. The molecule has 3 aromatic rings. The number of aromatic nitrogens is 4. The van der Waals surface area contributed by atoms with E-state index in [4.69, 9.17) is 9.47 Å². The standard InChI is InChI=1S/C16H16N4O2/c1-21-12-11-13-7-9-15(10-8-13)22-16-17-18-19-20(16)14-5-3-2-4-6-14/h2-10H,11-12H2,1H3. The van der Waals surface area contributed by atoms with Crippen LogP contribution in [-0.2, 0) is 11.2 Å². The Morgan fingerprint density at radius 1 is 1.00 bits per heavy atom. The van der Waals surface area contributed by atoms with E-state index in [9.17, 15) is 0 Å². The van der Waals surface area contributed by atoms with Crippen LogP contribution in [0.1, 0.15) is 5.56 Å². The molecule has 0 aliphatic heterocycles. The summed E-state index contributed by atoms with van der Waals surface area (Å²) in [6.45, 7) is 0.701. The molecule has 0 aliphatic rings. The van der Waals surface area contributed by atoms with Gasteiger partial charge in [-0.05, 0) is 46.7 Å². The van der Waals surface area contributed by atoms with Crippen molar-refractivity contribution in [2.24, 2.45) is 0 Å². The summed E-state index contributed by atoms with van der Waals surface area (Å²) in [7, 11) is 1.70. The van der Waals surface area contributed by atoms with Gasteiger partial charge in [0.2, 0.25) is 0 Å². The molecule has 1 aromatic heterocycles. The highest BCUT2D eigenvalue weighted by atomic mass is 16.5. The molecule has 0 atom stereocenters. The van der Waals surface area contributed by atoms with Crippen molar-refractivity contribution in [1.29, 1.82) is 0 Å². The molecule has 112 valence electrons. The van der Waals surface area contributed by atoms with Crippen molar-refractivity contribution in [3.05, 3.63) is 60.2 Å². The summed E-state index contributed by atoms with van der Waals surface area (Å²) in [6.07, 6.45) is 0.874. The third kappa shape index (κ3) is 3.29. The Kier molecular flexibility index (Phi) is 4.41. The third-order valence-electron chi connectivity index (χ3n) is 3.17. The van der Waals surface area contributed by atoms with E-state index < -0.39 is 0 Å². The minimum atomic E-state index is 0.329. The fraction of sp³-hybridized carbons (Fsp3) is 0.188. The quantitative estimate of drug-likeness (QED) is 0.699. The summed E-state index contributed by atoms with van der Waals surface area (Å²) < 4.78 is 12.4. The van der Waals surface area contributed by atoms with E-state index in [1.54, 1.807) is 11.8 Å². The molecule has 0 N–H and O–H groups in total. The number of hydrogen-bond acceptors (Lipinski definition) is 5. The molecule has 2 aromatic carbocycles. The molecule has 0 aliphatic carbocycles. The van der Waals surface area contributed by atoms with Crippen LogP contribution >= 0.6 is 0 Å². The zero-order valence-electron chi connectivity index (χ0n) is 12.2. The molecule has 0 amide bonds. The van der Waals surface area contributed by atoms with Crippen LogP contribution in [0.3, 0.4) is 0 Å². The van der Waals surface area contributed by atoms with Gasteiger partial charge in [0.1, 0.15) is 5.75 Å². The first-order chi connectivity index (χ1) is 10.9. The lowest BCUT2D eigenvalue weighted by atomic mass is 10.1. The number of para-hydroxylation sites is 1. The van der Waals surface area contributed by atoms with E-state index in [0.717, 1.165) is 12.1 Å². The highest BCUT2D eigenvalue weighted by Crippen LogP contribution is 2.21. The van der Waals surface area contributed by atoms with E-state index in [1.165, 1.54) is 5.56 Å². The van der Waals surface area contributed by atoms with E-state index in [1.807, 2.05) is 54.6 Å². The summed E-state index contributed by atoms with van der Waals surface area (Å²) in [5.41, 5.74) is 2.04. The predicted octanol–water partition coefficient (Wildman–Crippen LogP) is 2.64. The smallest absolute Gasteiger partial charge is 0.345 e. The van der Waals surface area contributed by atoms with Gasteiger partial charge in [-0.15, -0.1) is 0 Å². The maximum atomic E-state index is 5.76. The molecule has 0 fully saturated rings. The van der Waals surface area contributed by atoms with Crippen LogP contribution in [0.5, 0.6) is 11.8 Å². The normalized spacial score (nSPS) is 10.6. The fourth-order valence-electron chi connectivity index (χ4n) is 2.02. The second kappa shape index (κ2) is 6.82. The monoisotopic (exact) mass is 296 g/mol. The Balaban J connectivity index is 1.75. The van der Waals surface area contributed by atoms with Crippen molar-refractivity contribution in [2.75, 3.05) is 13.7 Å². The van der Waals surface area contributed by atoms with Crippen LogP contribution in [0.25, 0.3) is 5.69 Å². The molecule has 6 heteroatoms. The van der Waals surface area contributed by atoms with Crippen LogP contribution in [-0.4, -0.2) is 33.9 Å². The van der Waals surface area contributed by atoms with Gasteiger partial charge in [-0.3, -0.25) is 0 Å². The van der Waals surface area contributed by atoms with Gasteiger partial charge in [-0.2, -0.15) is 4.68 Å². The number of nitrogens with zero attached hydrogens (tertiary/aromatic N) is 4. The number of hydrogen-bond donors (Lipinski definition) is 0. The van der Waals surface area contributed by atoms with E-state index in [-0.39, 0.29) is 0 Å². The molecule has 0 saturated heterocycles. The lowest BCUT2D eigenvalue weighted by Gasteiger charge is -2.07. The summed E-state index contributed by atoms with van der Waals surface area (Å²) in [5, 5.41) is 11.5.